The van der Waals surface area contributed by atoms with Crippen molar-refractivity contribution in [1.29, 1.82) is 0 Å². The summed E-state index contributed by atoms with van der Waals surface area (Å²) in [6.45, 7) is 11.5. The van der Waals surface area contributed by atoms with Crippen molar-refractivity contribution in [2.24, 2.45) is 0 Å². The molecule has 1 aliphatic heterocycles. The number of sulfonamides is 1. The van der Waals surface area contributed by atoms with Crippen molar-refractivity contribution in [3.63, 3.8) is 0 Å². The van der Waals surface area contributed by atoms with Crippen LogP contribution in [0.1, 0.15) is 64.2 Å². The van der Waals surface area contributed by atoms with Gasteiger partial charge in [0.2, 0.25) is 10.0 Å². The molecule has 1 aromatic rings. The summed E-state index contributed by atoms with van der Waals surface area (Å²) in [4.78, 5) is 14.7. The van der Waals surface area contributed by atoms with Gasteiger partial charge in [0.15, 0.2) is 0 Å². The maximum Gasteiger partial charge on any atom is 0.254 e. The maximum absolute atomic E-state index is 12.8. The van der Waals surface area contributed by atoms with E-state index in [1.54, 1.807) is 20.8 Å². The van der Waals surface area contributed by atoms with Crippen LogP contribution in [0.5, 0.6) is 0 Å². The van der Waals surface area contributed by atoms with E-state index in [9.17, 15) is 13.2 Å². The highest BCUT2D eigenvalue weighted by molar-refractivity contribution is 7.90. The molecule has 0 spiro atoms. The molecule has 7 nitrogen and oxygen atoms in total. The van der Waals surface area contributed by atoms with Gasteiger partial charge in [-0.3, -0.25) is 4.79 Å². The van der Waals surface area contributed by atoms with E-state index in [-0.39, 0.29) is 18.1 Å². The predicted octanol–water partition coefficient (Wildman–Crippen LogP) is 3.24. The lowest BCUT2D eigenvalue weighted by atomic mass is 10.1. The maximum atomic E-state index is 12.8. The fourth-order valence-electron chi connectivity index (χ4n) is 3.37. The topological polar surface area (TPSA) is 87.7 Å². The number of carbonyl (C=O) groups is 1. The molecule has 2 atom stereocenters. The summed E-state index contributed by atoms with van der Waals surface area (Å²) in [7, 11) is -3.27. The second-order valence-electron chi connectivity index (χ2n) is 9.05. The van der Waals surface area contributed by atoms with Gasteiger partial charge >= 0.3 is 0 Å². The summed E-state index contributed by atoms with van der Waals surface area (Å²) in [5.74, 6) is 0.0341. The number of rotatable bonds is 9. The number of carbonyl (C=O) groups excluding carboxylic acids is 1. The van der Waals surface area contributed by atoms with Gasteiger partial charge in [0.1, 0.15) is 0 Å². The van der Waals surface area contributed by atoms with E-state index in [2.05, 4.69) is 10.0 Å². The number of nitrogens with zero attached hydrogens (tertiary/aromatic N) is 1. The molecular weight excluding hydrogens is 402 g/mol. The Kier molecular flexibility index (Phi) is 8.70. The summed E-state index contributed by atoms with van der Waals surface area (Å²) in [6, 6.07) is 7.59. The van der Waals surface area contributed by atoms with Gasteiger partial charge in [0.25, 0.3) is 5.91 Å². The number of benzene rings is 1. The van der Waals surface area contributed by atoms with E-state index in [1.807, 2.05) is 43.0 Å². The zero-order valence-corrected chi connectivity index (χ0v) is 19.7. The Hall–Kier alpha value is -1.64. The van der Waals surface area contributed by atoms with E-state index in [4.69, 9.17) is 4.74 Å². The second-order valence-corrected chi connectivity index (χ2v) is 11.6. The smallest absolute Gasteiger partial charge is 0.254 e. The summed E-state index contributed by atoms with van der Waals surface area (Å²) in [5, 5.41) is 3.36. The van der Waals surface area contributed by atoms with Crippen molar-refractivity contribution >= 4 is 21.6 Å². The highest BCUT2D eigenvalue weighted by Gasteiger charge is 2.28. The van der Waals surface area contributed by atoms with Gasteiger partial charge in [-0.15, -0.1) is 0 Å². The molecule has 170 valence electrons. The molecule has 2 unspecified atom stereocenters. The average Bonchev–Trinajstić information content (AvgIpc) is 2.65. The molecular formula is C22H37N3O4S. The second kappa shape index (κ2) is 10.6. The number of nitrogens with one attached hydrogen (secondary N) is 2. The van der Waals surface area contributed by atoms with Crippen LogP contribution in [0.2, 0.25) is 0 Å². The minimum atomic E-state index is -3.27. The lowest BCUT2D eigenvalue weighted by Crippen LogP contribution is -2.48. The van der Waals surface area contributed by atoms with Crippen molar-refractivity contribution in [3.8, 4) is 0 Å². The van der Waals surface area contributed by atoms with E-state index in [1.165, 1.54) is 0 Å². The number of ether oxygens (including phenoxy) is 1. The SMILES string of the molecule is CC1CN(C(=O)c2cccc(NCCCCCNS(=O)(=O)C(C)(C)C)c2)CC(C)O1. The lowest BCUT2D eigenvalue weighted by Gasteiger charge is -2.35. The van der Waals surface area contributed by atoms with Gasteiger partial charge in [0, 0.05) is 37.4 Å². The van der Waals surface area contributed by atoms with Crippen LogP contribution in [-0.2, 0) is 14.8 Å². The van der Waals surface area contributed by atoms with Gasteiger partial charge in [-0.05, 0) is 65.7 Å². The fourth-order valence-corrected chi connectivity index (χ4v) is 4.22. The number of hydrogen-bond donors (Lipinski definition) is 2. The average molecular weight is 440 g/mol. The Morgan fingerprint density at radius 1 is 1.10 bits per heavy atom. The third-order valence-electron chi connectivity index (χ3n) is 5.10. The molecule has 1 aliphatic rings. The van der Waals surface area contributed by atoms with Crippen molar-refractivity contribution < 1.29 is 17.9 Å². The molecule has 1 heterocycles. The minimum absolute atomic E-state index is 0.0341. The summed E-state index contributed by atoms with van der Waals surface area (Å²) in [6.07, 6.45) is 2.73. The minimum Gasteiger partial charge on any atom is -0.385 e. The van der Waals surface area contributed by atoms with Gasteiger partial charge in [-0.2, -0.15) is 0 Å². The van der Waals surface area contributed by atoms with E-state index >= 15 is 0 Å². The van der Waals surface area contributed by atoms with Gasteiger partial charge in [0.05, 0.1) is 17.0 Å². The highest BCUT2D eigenvalue weighted by Crippen LogP contribution is 2.17. The largest absolute Gasteiger partial charge is 0.385 e. The Morgan fingerprint density at radius 3 is 2.37 bits per heavy atom. The first-order valence-corrected chi connectivity index (χ1v) is 12.3. The van der Waals surface area contributed by atoms with Gasteiger partial charge in [-0.1, -0.05) is 12.5 Å². The predicted molar refractivity (Wildman–Crippen MR) is 121 cm³/mol. The molecule has 0 aromatic heterocycles. The molecule has 0 aliphatic carbocycles. The molecule has 1 saturated heterocycles. The number of amides is 1. The van der Waals surface area contributed by atoms with Crippen LogP contribution >= 0.6 is 0 Å². The third kappa shape index (κ3) is 7.25. The zero-order valence-electron chi connectivity index (χ0n) is 18.9. The number of morpholine rings is 1. The molecule has 2 rings (SSSR count). The zero-order chi connectivity index (χ0) is 22.4. The summed E-state index contributed by atoms with van der Waals surface area (Å²) >= 11 is 0. The van der Waals surface area contributed by atoms with Crippen LogP contribution in [0, 0.1) is 0 Å². The molecule has 0 saturated carbocycles. The first-order valence-electron chi connectivity index (χ1n) is 10.8. The summed E-state index contributed by atoms with van der Waals surface area (Å²) in [5.41, 5.74) is 1.60. The van der Waals surface area contributed by atoms with Gasteiger partial charge in [-0.25, -0.2) is 13.1 Å². The highest BCUT2D eigenvalue weighted by atomic mass is 32.2. The van der Waals surface area contributed by atoms with Crippen molar-refractivity contribution in [2.45, 2.75) is 70.8 Å². The monoisotopic (exact) mass is 439 g/mol. The Balaban J connectivity index is 1.74. The normalized spacial score (nSPS) is 20.2. The molecule has 30 heavy (non-hydrogen) atoms. The van der Waals surface area contributed by atoms with Crippen LogP contribution in [-0.4, -0.2) is 62.4 Å². The quantitative estimate of drug-likeness (QED) is 0.577. The number of anilines is 1. The van der Waals surface area contributed by atoms with E-state index < -0.39 is 14.8 Å². The Labute approximate surface area is 181 Å². The molecule has 2 N–H and O–H groups in total. The Morgan fingerprint density at radius 2 is 1.73 bits per heavy atom. The number of hydrogen-bond acceptors (Lipinski definition) is 5. The van der Waals surface area contributed by atoms with Gasteiger partial charge < -0.3 is 15.0 Å². The standard InChI is InChI=1S/C22H37N3O4S/c1-17-15-25(16-18(2)29-17)21(26)19-10-9-11-20(14-19)23-12-7-6-8-13-24-30(27,28)22(3,4)5/h9-11,14,17-18,23-24H,6-8,12-13,15-16H2,1-5H3. The van der Waals surface area contributed by atoms with Crippen molar-refractivity contribution in [2.75, 3.05) is 31.5 Å². The lowest BCUT2D eigenvalue weighted by molar-refractivity contribution is -0.0586. The molecule has 1 aromatic carbocycles. The molecule has 8 heteroatoms. The first-order chi connectivity index (χ1) is 14.0. The number of unbranched alkanes of at least 4 members (excludes halogenated alkanes) is 2. The summed E-state index contributed by atoms with van der Waals surface area (Å²) < 4.78 is 31.6. The van der Waals surface area contributed by atoms with Crippen LogP contribution in [0.25, 0.3) is 0 Å². The molecule has 1 amide bonds. The first kappa shape index (κ1) is 24.6. The molecule has 0 bridgehead atoms. The molecule has 0 radical (unpaired) electrons. The van der Waals surface area contributed by atoms with Crippen molar-refractivity contribution in [1.82, 2.24) is 9.62 Å². The van der Waals surface area contributed by atoms with E-state index in [0.29, 0.717) is 25.2 Å². The third-order valence-corrected chi connectivity index (χ3v) is 7.29. The van der Waals surface area contributed by atoms with Crippen LogP contribution in [0.3, 0.4) is 0 Å². The van der Waals surface area contributed by atoms with E-state index in [0.717, 1.165) is 31.5 Å². The van der Waals surface area contributed by atoms with Crippen LogP contribution < -0.4 is 10.0 Å². The van der Waals surface area contributed by atoms with Crippen LogP contribution in [0.4, 0.5) is 5.69 Å². The molecule has 1 fully saturated rings. The fraction of sp³-hybridized carbons (Fsp3) is 0.682. The Bertz CT molecular complexity index is 795. The van der Waals surface area contributed by atoms with Crippen LogP contribution in [0.15, 0.2) is 24.3 Å². The van der Waals surface area contributed by atoms with Crippen molar-refractivity contribution in [3.05, 3.63) is 29.8 Å².